The van der Waals surface area contributed by atoms with Gasteiger partial charge in [-0.3, -0.25) is 10.1 Å². The summed E-state index contributed by atoms with van der Waals surface area (Å²) < 4.78 is 5.59. The highest BCUT2D eigenvalue weighted by Crippen LogP contribution is 2.24. The molecule has 0 radical (unpaired) electrons. The van der Waals surface area contributed by atoms with Crippen molar-refractivity contribution in [2.45, 2.75) is 19.9 Å². The van der Waals surface area contributed by atoms with Gasteiger partial charge in [0.1, 0.15) is 0 Å². The Labute approximate surface area is 122 Å². The largest absolute Gasteiger partial charge is 0.490 e. The molecule has 1 aromatic carbocycles. The van der Waals surface area contributed by atoms with Crippen LogP contribution in [-0.4, -0.2) is 16.5 Å². The molecule has 0 aliphatic rings. The van der Waals surface area contributed by atoms with Gasteiger partial charge in [0.05, 0.1) is 11.5 Å². The minimum absolute atomic E-state index is 0.0944. The van der Waals surface area contributed by atoms with Gasteiger partial charge in [0, 0.05) is 24.4 Å². The van der Waals surface area contributed by atoms with Crippen molar-refractivity contribution in [3.8, 4) is 5.75 Å². The molecular formula is C15H17N3O3. The number of pyridine rings is 1. The summed E-state index contributed by atoms with van der Waals surface area (Å²) in [4.78, 5) is 14.8. The number of nitro groups is 1. The van der Waals surface area contributed by atoms with E-state index in [1.807, 2.05) is 13.0 Å². The molecule has 0 amide bonds. The number of hydrogen-bond acceptors (Lipinski definition) is 5. The second kappa shape index (κ2) is 7.23. The highest BCUT2D eigenvalue weighted by molar-refractivity contribution is 5.51. The van der Waals surface area contributed by atoms with Crippen LogP contribution in [0.1, 0.15) is 18.9 Å². The van der Waals surface area contributed by atoms with Crippen molar-refractivity contribution in [2.75, 3.05) is 11.9 Å². The lowest BCUT2D eigenvalue weighted by atomic mass is 10.2. The first-order chi connectivity index (χ1) is 10.2. The number of anilines is 1. The number of ether oxygens (including phenoxy) is 1. The zero-order chi connectivity index (χ0) is 15.1. The van der Waals surface area contributed by atoms with Crippen LogP contribution in [-0.2, 0) is 6.54 Å². The summed E-state index contributed by atoms with van der Waals surface area (Å²) in [7, 11) is 0. The minimum atomic E-state index is -0.385. The van der Waals surface area contributed by atoms with Gasteiger partial charge in [-0.1, -0.05) is 25.1 Å². The zero-order valence-corrected chi connectivity index (χ0v) is 11.8. The van der Waals surface area contributed by atoms with Crippen LogP contribution in [0.15, 0.2) is 42.6 Å². The van der Waals surface area contributed by atoms with Crippen molar-refractivity contribution in [1.82, 2.24) is 4.98 Å². The predicted octanol–water partition coefficient (Wildman–Crippen LogP) is 3.39. The molecule has 6 nitrogen and oxygen atoms in total. The van der Waals surface area contributed by atoms with Crippen molar-refractivity contribution in [2.24, 2.45) is 0 Å². The van der Waals surface area contributed by atoms with Crippen molar-refractivity contribution in [3.63, 3.8) is 0 Å². The predicted molar refractivity (Wildman–Crippen MR) is 80.4 cm³/mol. The maximum atomic E-state index is 11.0. The smallest absolute Gasteiger partial charge is 0.274 e. The maximum absolute atomic E-state index is 11.0. The normalized spacial score (nSPS) is 10.1. The van der Waals surface area contributed by atoms with Gasteiger partial charge < -0.3 is 10.1 Å². The fourth-order valence-electron chi connectivity index (χ4n) is 1.87. The Morgan fingerprint density at radius 1 is 1.29 bits per heavy atom. The number of benzene rings is 1. The first kappa shape index (κ1) is 14.8. The third kappa shape index (κ3) is 3.92. The van der Waals surface area contributed by atoms with Crippen LogP contribution in [0.25, 0.3) is 0 Å². The SMILES string of the molecule is CCCOc1cccnc1NCc1ccccc1[N+](=O)[O-]. The maximum Gasteiger partial charge on any atom is 0.274 e. The molecule has 0 bridgehead atoms. The third-order valence-corrected chi connectivity index (χ3v) is 2.87. The molecule has 0 aliphatic carbocycles. The Balaban J connectivity index is 2.12. The molecule has 0 saturated heterocycles. The first-order valence-corrected chi connectivity index (χ1v) is 6.76. The van der Waals surface area contributed by atoms with Crippen molar-refractivity contribution in [1.29, 1.82) is 0 Å². The molecule has 1 aromatic heterocycles. The molecule has 0 aliphatic heterocycles. The van der Waals surface area contributed by atoms with E-state index >= 15 is 0 Å². The summed E-state index contributed by atoms with van der Waals surface area (Å²) in [5.41, 5.74) is 0.701. The lowest BCUT2D eigenvalue weighted by Crippen LogP contribution is -2.06. The van der Waals surface area contributed by atoms with Crippen LogP contribution in [0.5, 0.6) is 5.75 Å². The van der Waals surface area contributed by atoms with E-state index in [2.05, 4.69) is 10.3 Å². The molecular weight excluding hydrogens is 270 g/mol. The quantitative estimate of drug-likeness (QED) is 0.624. The van der Waals surface area contributed by atoms with Crippen molar-refractivity contribution in [3.05, 3.63) is 58.3 Å². The van der Waals surface area contributed by atoms with Crippen LogP contribution in [0.4, 0.5) is 11.5 Å². The second-order valence-corrected chi connectivity index (χ2v) is 4.44. The monoisotopic (exact) mass is 287 g/mol. The van der Waals surface area contributed by atoms with E-state index < -0.39 is 0 Å². The summed E-state index contributed by atoms with van der Waals surface area (Å²) in [6, 6.07) is 10.3. The van der Waals surface area contributed by atoms with Crippen LogP contribution in [0.3, 0.4) is 0 Å². The zero-order valence-electron chi connectivity index (χ0n) is 11.8. The number of rotatable bonds is 7. The van der Waals surface area contributed by atoms with Gasteiger partial charge in [0.2, 0.25) is 0 Å². The molecule has 1 heterocycles. The van der Waals surface area contributed by atoms with E-state index in [4.69, 9.17) is 4.74 Å². The summed E-state index contributed by atoms with van der Waals surface area (Å²) in [5, 5.41) is 14.1. The van der Waals surface area contributed by atoms with Crippen molar-refractivity contribution >= 4 is 11.5 Å². The number of aromatic nitrogens is 1. The molecule has 0 unspecified atom stereocenters. The molecule has 0 fully saturated rings. The molecule has 2 aromatic rings. The number of nitrogens with one attached hydrogen (secondary N) is 1. The Kier molecular flexibility index (Phi) is 5.09. The number of nitrogens with zero attached hydrogens (tertiary/aromatic N) is 2. The van der Waals surface area contributed by atoms with Gasteiger partial charge in [-0.15, -0.1) is 0 Å². The highest BCUT2D eigenvalue weighted by atomic mass is 16.6. The van der Waals surface area contributed by atoms with Crippen LogP contribution >= 0.6 is 0 Å². The molecule has 2 rings (SSSR count). The molecule has 6 heteroatoms. The number of para-hydroxylation sites is 1. The average Bonchev–Trinajstić information content (AvgIpc) is 2.52. The Hall–Kier alpha value is -2.63. The van der Waals surface area contributed by atoms with Gasteiger partial charge in [0.25, 0.3) is 5.69 Å². The molecule has 0 atom stereocenters. The number of hydrogen-bond donors (Lipinski definition) is 1. The Bertz CT molecular complexity index is 617. The third-order valence-electron chi connectivity index (χ3n) is 2.87. The summed E-state index contributed by atoms with van der Waals surface area (Å²) in [6.45, 7) is 2.94. The van der Waals surface area contributed by atoms with Gasteiger partial charge >= 0.3 is 0 Å². The Morgan fingerprint density at radius 3 is 2.86 bits per heavy atom. The van der Waals surface area contributed by atoms with Gasteiger partial charge in [0.15, 0.2) is 11.6 Å². The summed E-state index contributed by atoms with van der Waals surface area (Å²) in [6.07, 6.45) is 2.55. The molecule has 1 N–H and O–H groups in total. The summed E-state index contributed by atoms with van der Waals surface area (Å²) in [5.74, 6) is 1.24. The van der Waals surface area contributed by atoms with Gasteiger partial charge in [-0.25, -0.2) is 4.98 Å². The first-order valence-electron chi connectivity index (χ1n) is 6.76. The number of nitro benzene ring substituents is 1. The minimum Gasteiger partial charge on any atom is -0.490 e. The molecule has 0 spiro atoms. The van der Waals surface area contributed by atoms with Gasteiger partial charge in [-0.2, -0.15) is 0 Å². The standard InChI is InChI=1S/C15H17N3O3/c1-2-10-21-14-8-5-9-16-15(14)17-11-12-6-3-4-7-13(12)18(19)20/h3-9H,2,10-11H2,1H3,(H,16,17). The lowest BCUT2D eigenvalue weighted by Gasteiger charge is -2.11. The lowest BCUT2D eigenvalue weighted by molar-refractivity contribution is -0.385. The Morgan fingerprint density at radius 2 is 2.10 bits per heavy atom. The average molecular weight is 287 g/mol. The molecule has 0 saturated carbocycles. The van der Waals surface area contributed by atoms with E-state index in [0.29, 0.717) is 30.3 Å². The molecule has 21 heavy (non-hydrogen) atoms. The van der Waals surface area contributed by atoms with E-state index in [-0.39, 0.29) is 10.6 Å². The van der Waals surface area contributed by atoms with E-state index in [1.54, 1.807) is 30.5 Å². The topological polar surface area (TPSA) is 77.3 Å². The van der Waals surface area contributed by atoms with E-state index in [0.717, 1.165) is 6.42 Å². The fourth-order valence-corrected chi connectivity index (χ4v) is 1.87. The van der Waals surface area contributed by atoms with E-state index in [1.165, 1.54) is 6.07 Å². The van der Waals surface area contributed by atoms with Gasteiger partial charge in [-0.05, 0) is 18.6 Å². The summed E-state index contributed by atoms with van der Waals surface area (Å²) >= 11 is 0. The fraction of sp³-hybridized carbons (Fsp3) is 0.267. The van der Waals surface area contributed by atoms with Crippen LogP contribution < -0.4 is 10.1 Å². The highest BCUT2D eigenvalue weighted by Gasteiger charge is 2.13. The van der Waals surface area contributed by atoms with Crippen LogP contribution in [0, 0.1) is 10.1 Å². The molecule has 110 valence electrons. The second-order valence-electron chi connectivity index (χ2n) is 4.44. The van der Waals surface area contributed by atoms with Crippen molar-refractivity contribution < 1.29 is 9.66 Å². The van der Waals surface area contributed by atoms with E-state index in [9.17, 15) is 10.1 Å². The van der Waals surface area contributed by atoms with Crippen LogP contribution in [0.2, 0.25) is 0 Å².